The Morgan fingerprint density at radius 1 is 1.24 bits per heavy atom. The van der Waals surface area contributed by atoms with Crippen molar-refractivity contribution in [3.8, 4) is 0 Å². The summed E-state index contributed by atoms with van der Waals surface area (Å²) in [6.45, 7) is 3.17. The highest BCUT2D eigenvalue weighted by Gasteiger charge is 2.33. The number of hydrogen-bond donors (Lipinski definition) is 1. The third-order valence-electron chi connectivity index (χ3n) is 4.23. The van der Waals surface area contributed by atoms with Gasteiger partial charge < -0.3 is 9.84 Å². The number of aromatic nitrogens is 2. The van der Waals surface area contributed by atoms with E-state index in [4.69, 9.17) is 4.52 Å². The van der Waals surface area contributed by atoms with E-state index < -0.39 is 0 Å². The number of nitrogens with zero attached hydrogens (tertiary/aromatic N) is 2. The van der Waals surface area contributed by atoms with Gasteiger partial charge in [0, 0.05) is 12.0 Å². The molecule has 0 aromatic carbocycles. The van der Waals surface area contributed by atoms with Crippen LogP contribution >= 0.6 is 0 Å². The summed E-state index contributed by atoms with van der Waals surface area (Å²) in [5.74, 6) is 2.84. The van der Waals surface area contributed by atoms with Crippen molar-refractivity contribution in [2.45, 2.75) is 63.3 Å². The lowest BCUT2D eigenvalue weighted by molar-refractivity contribution is 0.319. The van der Waals surface area contributed by atoms with Crippen molar-refractivity contribution in [2.75, 3.05) is 6.54 Å². The van der Waals surface area contributed by atoms with Crippen LogP contribution < -0.4 is 5.32 Å². The molecule has 2 aliphatic rings. The highest BCUT2D eigenvalue weighted by atomic mass is 16.5. The van der Waals surface area contributed by atoms with Crippen LogP contribution in [0.4, 0.5) is 0 Å². The van der Waals surface area contributed by atoms with E-state index in [0.29, 0.717) is 17.9 Å². The van der Waals surface area contributed by atoms with Crippen LogP contribution in [0.15, 0.2) is 4.52 Å². The molecule has 1 heterocycles. The maximum Gasteiger partial charge on any atom is 0.231 e. The highest BCUT2D eigenvalue weighted by Crippen LogP contribution is 2.37. The molecule has 1 aromatic heterocycles. The average Bonchev–Trinajstić information content (AvgIpc) is 2.84. The summed E-state index contributed by atoms with van der Waals surface area (Å²) in [6, 6.07) is 0.537. The van der Waals surface area contributed by atoms with Crippen molar-refractivity contribution in [3.63, 3.8) is 0 Å². The van der Waals surface area contributed by atoms with Gasteiger partial charge in [0.15, 0.2) is 5.82 Å². The molecule has 2 aliphatic carbocycles. The summed E-state index contributed by atoms with van der Waals surface area (Å²) in [6.07, 6.45) is 7.48. The second-order valence-corrected chi connectivity index (χ2v) is 5.32. The molecule has 2 unspecified atom stereocenters. The molecule has 2 fully saturated rings. The maximum atomic E-state index is 5.48. The van der Waals surface area contributed by atoms with Gasteiger partial charge in [0.1, 0.15) is 0 Å². The minimum atomic E-state index is 0.441. The first-order valence-electron chi connectivity index (χ1n) is 6.95. The van der Waals surface area contributed by atoms with E-state index in [0.717, 1.165) is 18.3 Å². The zero-order valence-electron chi connectivity index (χ0n) is 10.5. The van der Waals surface area contributed by atoms with E-state index in [9.17, 15) is 0 Å². The second-order valence-electron chi connectivity index (χ2n) is 5.32. The molecule has 0 amide bonds. The lowest BCUT2D eigenvalue weighted by Gasteiger charge is -2.21. The van der Waals surface area contributed by atoms with Crippen molar-refractivity contribution >= 4 is 0 Å². The number of hydrogen-bond acceptors (Lipinski definition) is 4. The van der Waals surface area contributed by atoms with Gasteiger partial charge in [-0.25, -0.2) is 0 Å². The van der Waals surface area contributed by atoms with Gasteiger partial charge in [-0.3, -0.25) is 0 Å². The Morgan fingerprint density at radius 2 is 2.06 bits per heavy atom. The number of likely N-dealkylation sites (N-methyl/N-ethyl adjacent to an activating group) is 1. The molecule has 0 bridgehead atoms. The van der Waals surface area contributed by atoms with Crippen LogP contribution in [0.2, 0.25) is 0 Å². The zero-order valence-corrected chi connectivity index (χ0v) is 10.5. The van der Waals surface area contributed by atoms with E-state index in [2.05, 4.69) is 22.4 Å². The summed E-state index contributed by atoms with van der Waals surface area (Å²) in [5.41, 5.74) is 0. The molecule has 1 aromatic rings. The van der Waals surface area contributed by atoms with Crippen molar-refractivity contribution in [1.82, 2.24) is 15.5 Å². The third-order valence-corrected chi connectivity index (χ3v) is 4.23. The first kappa shape index (κ1) is 11.2. The van der Waals surface area contributed by atoms with Crippen molar-refractivity contribution in [2.24, 2.45) is 0 Å². The Kier molecular flexibility index (Phi) is 3.14. The summed E-state index contributed by atoms with van der Waals surface area (Å²) in [4.78, 5) is 4.63. The summed E-state index contributed by atoms with van der Waals surface area (Å²) >= 11 is 0. The first-order chi connectivity index (χ1) is 8.38. The lowest BCUT2D eigenvalue weighted by atomic mass is 9.85. The molecular formula is C13H21N3O. The van der Waals surface area contributed by atoms with Gasteiger partial charge in [0.2, 0.25) is 5.89 Å². The van der Waals surface area contributed by atoms with Crippen LogP contribution in [-0.4, -0.2) is 22.7 Å². The molecule has 2 atom stereocenters. The maximum absolute atomic E-state index is 5.48. The Hall–Kier alpha value is -0.900. The smallest absolute Gasteiger partial charge is 0.231 e. The molecule has 94 valence electrons. The van der Waals surface area contributed by atoms with Gasteiger partial charge in [0.25, 0.3) is 0 Å². The Balaban J connectivity index is 1.71. The largest absolute Gasteiger partial charge is 0.339 e. The van der Waals surface area contributed by atoms with Gasteiger partial charge in [-0.2, -0.15) is 4.98 Å². The average molecular weight is 235 g/mol. The van der Waals surface area contributed by atoms with Gasteiger partial charge in [0.05, 0.1) is 5.92 Å². The van der Waals surface area contributed by atoms with E-state index in [1.54, 1.807) is 0 Å². The molecular weight excluding hydrogens is 214 g/mol. The molecule has 1 N–H and O–H groups in total. The highest BCUT2D eigenvalue weighted by molar-refractivity contribution is 5.06. The first-order valence-corrected chi connectivity index (χ1v) is 6.95. The fourth-order valence-corrected chi connectivity index (χ4v) is 2.99. The number of rotatable bonds is 4. The molecule has 0 aliphatic heterocycles. The zero-order chi connectivity index (χ0) is 11.7. The van der Waals surface area contributed by atoms with Crippen LogP contribution in [0.25, 0.3) is 0 Å². The molecule has 17 heavy (non-hydrogen) atoms. The van der Waals surface area contributed by atoms with Crippen LogP contribution in [0.1, 0.15) is 69.0 Å². The second kappa shape index (κ2) is 4.77. The third kappa shape index (κ3) is 2.10. The van der Waals surface area contributed by atoms with Gasteiger partial charge in [-0.15, -0.1) is 0 Å². The van der Waals surface area contributed by atoms with Crippen LogP contribution in [0.3, 0.4) is 0 Å². The van der Waals surface area contributed by atoms with Crippen LogP contribution in [0, 0.1) is 0 Å². The standard InChI is InChI=1S/C13H21N3O/c1-2-14-11-8-4-7-10(11)13-15-12(16-17-13)9-5-3-6-9/h9-11,14H,2-8H2,1H3. The molecule has 0 saturated heterocycles. The fraction of sp³-hybridized carbons (Fsp3) is 0.846. The van der Waals surface area contributed by atoms with Crippen LogP contribution in [0.5, 0.6) is 0 Å². The van der Waals surface area contributed by atoms with E-state index in [1.165, 1.54) is 38.5 Å². The summed E-state index contributed by atoms with van der Waals surface area (Å²) < 4.78 is 5.48. The molecule has 3 rings (SSSR count). The van der Waals surface area contributed by atoms with Crippen LogP contribution in [-0.2, 0) is 0 Å². The van der Waals surface area contributed by atoms with Gasteiger partial charge in [-0.1, -0.05) is 24.9 Å². The summed E-state index contributed by atoms with van der Waals surface area (Å²) in [5, 5.41) is 7.70. The molecule has 4 nitrogen and oxygen atoms in total. The predicted molar refractivity (Wildman–Crippen MR) is 64.9 cm³/mol. The quantitative estimate of drug-likeness (QED) is 0.871. The molecule has 0 radical (unpaired) electrons. The predicted octanol–water partition coefficient (Wildman–Crippen LogP) is 2.58. The number of nitrogens with one attached hydrogen (secondary N) is 1. The van der Waals surface area contributed by atoms with E-state index in [-0.39, 0.29) is 0 Å². The lowest BCUT2D eigenvalue weighted by Crippen LogP contribution is -2.31. The minimum Gasteiger partial charge on any atom is -0.339 e. The van der Waals surface area contributed by atoms with E-state index >= 15 is 0 Å². The summed E-state index contributed by atoms with van der Waals surface area (Å²) in [7, 11) is 0. The fourth-order valence-electron chi connectivity index (χ4n) is 2.99. The normalized spacial score (nSPS) is 29.5. The SMILES string of the molecule is CCNC1CCCC1c1nc(C2CCC2)no1. The minimum absolute atomic E-state index is 0.441. The van der Waals surface area contributed by atoms with Crippen molar-refractivity contribution in [1.29, 1.82) is 0 Å². The monoisotopic (exact) mass is 235 g/mol. The van der Waals surface area contributed by atoms with E-state index in [1.807, 2.05) is 0 Å². The van der Waals surface area contributed by atoms with Gasteiger partial charge >= 0.3 is 0 Å². The molecule has 0 spiro atoms. The van der Waals surface area contributed by atoms with Gasteiger partial charge in [-0.05, 0) is 32.2 Å². The van der Waals surface area contributed by atoms with Crippen molar-refractivity contribution in [3.05, 3.63) is 11.7 Å². The Bertz CT molecular complexity index is 372. The Morgan fingerprint density at radius 3 is 2.76 bits per heavy atom. The molecule has 4 heteroatoms. The topological polar surface area (TPSA) is 51.0 Å². The molecule has 2 saturated carbocycles. The Labute approximate surface area is 102 Å². The van der Waals surface area contributed by atoms with Crippen molar-refractivity contribution < 1.29 is 4.52 Å².